The number of hydrogen-bond donors (Lipinski definition) is 3. The minimum atomic E-state index is -0.857. The Hall–Kier alpha value is -5.44. The zero-order valence-electron chi connectivity index (χ0n) is 30.9. The highest BCUT2D eigenvalue weighted by molar-refractivity contribution is 6.06. The highest BCUT2D eigenvalue weighted by Crippen LogP contribution is 2.35. The van der Waals surface area contributed by atoms with E-state index < -0.39 is 23.7 Å². The lowest BCUT2D eigenvalue weighted by atomic mass is 9.94. The Morgan fingerprint density at radius 2 is 1.62 bits per heavy atom. The summed E-state index contributed by atoms with van der Waals surface area (Å²) in [7, 11) is 0. The Labute approximate surface area is 318 Å². The van der Waals surface area contributed by atoms with Crippen molar-refractivity contribution in [1.29, 1.82) is 0 Å². The third-order valence-corrected chi connectivity index (χ3v) is 11.5. The van der Waals surface area contributed by atoms with Crippen molar-refractivity contribution in [2.75, 3.05) is 60.9 Å². The average Bonchev–Trinajstić information content (AvgIpc) is 3.63. The second-order valence-electron chi connectivity index (χ2n) is 15.2. The minimum absolute atomic E-state index is 0.121. The van der Waals surface area contributed by atoms with Crippen LogP contribution in [0.3, 0.4) is 0 Å². The molecule has 4 saturated heterocycles. The van der Waals surface area contributed by atoms with E-state index in [1.807, 2.05) is 6.07 Å². The monoisotopic (exact) mass is 750 g/mol. The van der Waals surface area contributed by atoms with Crippen LogP contribution in [0.2, 0.25) is 0 Å². The number of hydrogen-bond acceptors (Lipinski definition) is 10. The number of likely N-dealkylation sites (tertiary alicyclic amines) is 1. The lowest BCUT2D eigenvalue weighted by molar-refractivity contribution is -0.134. The molecule has 4 aromatic rings. The van der Waals surface area contributed by atoms with Gasteiger partial charge in [0.1, 0.15) is 11.9 Å². The molecule has 4 aliphatic rings. The van der Waals surface area contributed by atoms with Crippen LogP contribution in [-0.4, -0.2) is 100 Å². The van der Waals surface area contributed by atoms with Crippen LogP contribution in [0.15, 0.2) is 55.0 Å². The number of rotatable bonds is 9. The van der Waals surface area contributed by atoms with Gasteiger partial charge in [-0.25, -0.2) is 14.4 Å². The van der Waals surface area contributed by atoms with Crippen molar-refractivity contribution in [3.63, 3.8) is 0 Å². The number of carbonyl (C=O) groups is 4. The topological polar surface area (TPSA) is 158 Å². The molecule has 2 aromatic carbocycles. The van der Waals surface area contributed by atoms with Gasteiger partial charge in [0, 0.05) is 81.9 Å². The van der Waals surface area contributed by atoms with Crippen molar-refractivity contribution in [2.45, 2.75) is 69.9 Å². The van der Waals surface area contributed by atoms with E-state index in [1.54, 1.807) is 24.5 Å². The number of nitrogens with one attached hydrogen (secondary N) is 3. The second-order valence-corrected chi connectivity index (χ2v) is 15.2. The lowest BCUT2D eigenvalue weighted by Gasteiger charge is -2.38. The SMILES string of the molecule is O=C1CC[C@H](NC(=O)c2ccc(N3CCC(CN4CCC(n5cc6cc(NC(=O)c7ncccn7)c(N7CCCCC7)cc6n5)CC4)CC3)cc2F)C(=O)N1. The summed E-state index contributed by atoms with van der Waals surface area (Å²) in [5.41, 5.74) is 3.28. The number of aromatic nitrogens is 4. The van der Waals surface area contributed by atoms with E-state index in [2.05, 4.69) is 57.6 Å². The van der Waals surface area contributed by atoms with Crippen LogP contribution in [0.1, 0.15) is 84.8 Å². The van der Waals surface area contributed by atoms with Gasteiger partial charge < -0.3 is 25.3 Å². The number of anilines is 3. The van der Waals surface area contributed by atoms with Crippen LogP contribution in [0, 0.1) is 11.7 Å². The Morgan fingerprint density at radius 1 is 0.855 bits per heavy atom. The molecule has 1 atom stereocenters. The Bertz CT molecular complexity index is 2050. The number of fused-ring (bicyclic) bond motifs is 1. The van der Waals surface area contributed by atoms with Crippen molar-refractivity contribution in [3.05, 3.63) is 72.2 Å². The van der Waals surface area contributed by atoms with E-state index in [1.165, 1.54) is 18.6 Å². The molecule has 0 saturated carbocycles. The first-order valence-electron chi connectivity index (χ1n) is 19.5. The molecule has 0 aliphatic carbocycles. The Morgan fingerprint density at radius 3 is 2.35 bits per heavy atom. The predicted octanol–water partition coefficient (Wildman–Crippen LogP) is 4.30. The zero-order valence-corrected chi connectivity index (χ0v) is 30.9. The molecule has 0 spiro atoms. The summed E-state index contributed by atoms with van der Waals surface area (Å²) < 4.78 is 17.2. The molecule has 15 heteroatoms. The van der Waals surface area contributed by atoms with Crippen molar-refractivity contribution in [2.24, 2.45) is 5.92 Å². The maximum absolute atomic E-state index is 15.1. The molecule has 3 N–H and O–H groups in total. The minimum Gasteiger partial charge on any atom is -0.371 e. The standard InChI is InChI=1S/C40H47FN10O4/c41-31-22-29(5-6-30(31)38(53)44-32-7-8-36(52)46-39(32)54)49-19-9-26(10-20-49)24-48-17-11-28(12-18-48)51-25-27-21-34(45-40(55)37-42-13-4-14-43-37)35(23-33(27)47-51)50-15-2-1-3-16-50/h4-6,13-14,21-23,25-26,28,32H,1-3,7-12,15-20,24H2,(H,44,53)(H,45,55)(H,46,52,54)/t32-/m0/s1. The van der Waals surface area contributed by atoms with Crippen LogP contribution >= 0.6 is 0 Å². The highest BCUT2D eigenvalue weighted by Gasteiger charge is 2.30. The van der Waals surface area contributed by atoms with Gasteiger partial charge in [-0.2, -0.15) is 5.10 Å². The van der Waals surface area contributed by atoms with Gasteiger partial charge in [-0.3, -0.25) is 29.2 Å². The summed E-state index contributed by atoms with van der Waals surface area (Å²) in [4.78, 5) is 64.6. The van der Waals surface area contributed by atoms with Gasteiger partial charge in [-0.1, -0.05) is 0 Å². The maximum Gasteiger partial charge on any atom is 0.293 e. The van der Waals surface area contributed by atoms with Gasteiger partial charge in [-0.15, -0.1) is 0 Å². The number of amides is 4. The number of imide groups is 1. The second kappa shape index (κ2) is 16.1. The zero-order chi connectivity index (χ0) is 37.9. The van der Waals surface area contributed by atoms with Gasteiger partial charge in [0.15, 0.2) is 0 Å². The van der Waals surface area contributed by atoms with E-state index in [4.69, 9.17) is 5.10 Å². The fourth-order valence-corrected chi connectivity index (χ4v) is 8.42. The largest absolute Gasteiger partial charge is 0.371 e. The molecule has 4 fully saturated rings. The maximum atomic E-state index is 15.1. The van der Waals surface area contributed by atoms with Crippen molar-refractivity contribution in [3.8, 4) is 0 Å². The summed E-state index contributed by atoms with van der Waals surface area (Å²) >= 11 is 0. The van der Waals surface area contributed by atoms with E-state index in [0.717, 1.165) is 112 Å². The fourth-order valence-electron chi connectivity index (χ4n) is 8.42. The molecule has 4 aliphatic heterocycles. The van der Waals surface area contributed by atoms with Gasteiger partial charge in [0.05, 0.1) is 28.5 Å². The number of benzene rings is 2. The molecule has 0 bridgehead atoms. The van der Waals surface area contributed by atoms with Crippen LogP contribution < -0.4 is 25.8 Å². The first-order chi connectivity index (χ1) is 26.8. The van der Waals surface area contributed by atoms with Crippen LogP contribution in [0.25, 0.3) is 10.9 Å². The smallest absolute Gasteiger partial charge is 0.293 e. The van der Waals surface area contributed by atoms with E-state index in [0.29, 0.717) is 12.0 Å². The molecule has 0 radical (unpaired) electrons. The first-order valence-corrected chi connectivity index (χ1v) is 19.5. The van der Waals surface area contributed by atoms with Gasteiger partial charge >= 0.3 is 0 Å². The number of nitrogens with zero attached hydrogens (tertiary/aromatic N) is 7. The number of halogens is 1. The predicted molar refractivity (Wildman–Crippen MR) is 205 cm³/mol. The fraction of sp³-hybridized carbons (Fsp3) is 0.475. The van der Waals surface area contributed by atoms with Crippen LogP contribution in [0.5, 0.6) is 0 Å². The summed E-state index contributed by atoms with van der Waals surface area (Å²) in [5.74, 6) is -1.89. The summed E-state index contributed by atoms with van der Waals surface area (Å²) in [6.07, 6.45) is 13.0. The summed E-state index contributed by atoms with van der Waals surface area (Å²) in [6, 6.07) is 9.91. The molecule has 2 aromatic heterocycles. The molecule has 288 valence electrons. The highest BCUT2D eigenvalue weighted by atomic mass is 19.1. The molecule has 0 unspecified atom stereocenters. The summed E-state index contributed by atoms with van der Waals surface area (Å²) in [5, 5.41) is 13.9. The van der Waals surface area contributed by atoms with Gasteiger partial charge in [0.25, 0.3) is 11.8 Å². The van der Waals surface area contributed by atoms with Gasteiger partial charge in [0.2, 0.25) is 17.6 Å². The lowest BCUT2D eigenvalue weighted by Crippen LogP contribution is -2.52. The molecule has 14 nitrogen and oxygen atoms in total. The van der Waals surface area contributed by atoms with Crippen LogP contribution in [0.4, 0.5) is 21.5 Å². The molecule has 4 amide bonds. The quantitative estimate of drug-likeness (QED) is 0.211. The summed E-state index contributed by atoms with van der Waals surface area (Å²) in [6.45, 7) is 6.51. The Kier molecular flexibility index (Phi) is 10.7. The molecule has 6 heterocycles. The van der Waals surface area contributed by atoms with Crippen molar-refractivity contribution >= 4 is 51.6 Å². The van der Waals surface area contributed by atoms with Crippen molar-refractivity contribution < 1.29 is 23.6 Å². The van der Waals surface area contributed by atoms with Crippen molar-refractivity contribution in [1.82, 2.24) is 35.3 Å². The molecular weight excluding hydrogens is 704 g/mol. The van der Waals surface area contributed by atoms with Crippen LogP contribution in [-0.2, 0) is 9.59 Å². The third-order valence-electron chi connectivity index (χ3n) is 11.5. The third kappa shape index (κ3) is 8.31. The van der Waals surface area contributed by atoms with E-state index in [-0.39, 0.29) is 36.0 Å². The number of carbonyl (C=O) groups excluding carboxylic acids is 4. The number of piperidine rings is 4. The first kappa shape index (κ1) is 36.5. The average molecular weight is 751 g/mol. The van der Waals surface area contributed by atoms with E-state index in [9.17, 15) is 19.2 Å². The Balaban J connectivity index is 0.842. The molecule has 55 heavy (non-hydrogen) atoms. The molecular formula is C40H47FN10O4. The van der Waals surface area contributed by atoms with E-state index >= 15 is 4.39 Å². The molecule has 8 rings (SSSR count). The normalized spacial score (nSPS) is 20.4. The van der Waals surface area contributed by atoms with Gasteiger partial charge in [-0.05, 0) is 93.7 Å².